The Kier molecular flexibility index (Phi) is 7.53. The summed E-state index contributed by atoms with van der Waals surface area (Å²) in [6.45, 7) is 3.79. The van der Waals surface area contributed by atoms with Crippen molar-refractivity contribution in [2.45, 2.75) is 6.42 Å². The van der Waals surface area contributed by atoms with Gasteiger partial charge in [-0.1, -0.05) is 189 Å². The number of benzene rings is 8. The van der Waals surface area contributed by atoms with Crippen LogP contribution >= 0.6 is 0 Å². The van der Waals surface area contributed by atoms with E-state index in [0.717, 1.165) is 6.42 Å². The fourth-order valence-corrected chi connectivity index (χ4v) is 7.10. The minimum absolute atomic E-state index is 0.896. The van der Waals surface area contributed by atoms with Crippen molar-refractivity contribution in [1.82, 2.24) is 0 Å². The smallest absolute Gasteiger partial charge is 0.00201 e. The second-order valence-corrected chi connectivity index (χ2v) is 12.1. The highest BCUT2D eigenvalue weighted by atomic mass is 14.2. The molecule has 0 nitrogen and oxygen atoms in total. The van der Waals surface area contributed by atoms with E-state index < -0.39 is 0 Å². The SMILES string of the molecule is C=C/C=C\Cc1ccc(-c2ccccc2-c2c3ccccc3c(-c3ccc(-c4cccc5ccccc45)cc3)c3ccccc23)cc1. The molecule has 0 aliphatic rings. The van der Waals surface area contributed by atoms with Crippen LogP contribution in [0.2, 0.25) is 0 Å². The lowest BCUT2D eigenvalue weighted by molar-refractivity contribution is 1.27. The molecule has 0 spiro atoms. The molecule has 0 fully saturated rings. The Labute approximate surface area is 276 Å². The molecule has 0 N–H and O–H groups in total. The summed E-state index contributed by atoms with van der Waals surface area (Å²) < 4.78 is 0. The van der Waals surface area contributed by atoms with Gasteiger partial charge in [0.1, 0.15) is 0 Å². The van der Waals surface area contributed by atoms with Crippen LogP contribution in [-0.4, -0.2) is 0 Å². The van der Waals surface area contributed by atoms with Gasteiger partial charge in [-0.15, -0.1) is 0 Å². The average molecular weight is 599 g/mol. The first-order chi connectivity index (χ1) is 23.3. The number of allylic oxidation sites excluding steroid dienone is 3. The molecule has 222 valence electrons. The maximum atomic E-state index is 3.79. The number of hydrogen-bond acceptors (Lipinski definition) is 0. The van der Waals surface area contributed by atoms with Gasteiger partial charge in [-0.2, -0.15) is 0 Å². The third kappa shape index (κ3) is 5.25. The quantitative estimate of drug-likeness (QED) is 0.126. The van der Waals surface area contributed by atoms with E-state index in [2.05, 4.69) is 176 Å². The normalized spacial score (nSPS) is 11.5. The molecule has 0 atom stereocenters. The molecule has 0 heteroatoms. The second-order valence-electron chi connectivity index (χ2n) is 12.1. The molecule has 8 rings (SSSR count). The van der Waals surface area contributed by atoms with Gasteiger partial charge in [0.25, 0.3) is 0 Å². The largest absolute Gasteiger partial charge is 0.0991 e. The van der Waals surface area contributed by atoms with E-state index >= 15 is 0 Å². The maximum Gasteiger partial charge on any atom is -0.00201 e. The van der Waals surface area contributed by atoms with E-state index in [1.54, 1.807) is 0 Å². The van der Waals surface area contributed by atoms with Crippen LogP contribution in [0.3, 0.4) is 0 Å². The van der Waals surface area contributed by atoms with Gasteiger partial charge < -0.3 is 0 Å². The van der Waals surface area contributed by atoms with E-state index in [-0.39, 0.29) is 0 Å². The maximum absolute atomic E-state index is 3.79. The zero-order chi connectivity index (χ0) is 31.6. The van der Waals surface area contributed by atoms with Crippen LogP contribution in [0.4, 0.5) is 0 Å². The molecule has 0 amide bonds. The van der Waals surface area contributed by atoms with Crippen molar-refractivity contribution in [3.8, 4) is 44.5 Å². The van der Waals surface area contributed by atoms with Crippen LogP contribution in [0.15, 0.2) is 189 Å². The second kappa shape index (κ2) is 12.4. The molecular weight excluding hydrogens is 565 g/mol. The van der Waals surface area contributed by atoms with E-state index in [0.29, 0.717) is 0 Å². The van der Waals surface area contributed by atoms with Gasteiger partial charge in [0, 0.05) is 0 Å². The number of hydrogen-bond donors (Lipinski definition) is 0. The molecular formula is C47H34. The Morgan fingerprint density at radius 1 is 0.383 bits per heavy atom. The van der Waals surface area contributed by atoms with Crippen LogP contribution < -0.4 is 0 Å². The Bertz CT molecular complexity index is 2360. The topological polar surface area (TPSA) is 0 Å². The lowest BCUT2D eigenvalue weighted by Gasteiger charge is -2.20. The predicted molar refractivity (Wildman–Crippen MR) is 204 cm³/mol. The summed E-state index contributed by atoms with van der Waals surface area (Å²) in [4.78, 5) is 0. The molecule has 0 saturated heterocycles. The van der Waals surface area contributed by atoms with Crippen LogP contribution in [-0.2, 0) is 6.42 Å². The molecule has 0 aliphatic heterocycles. The standard InChI is InChI=1S/C47H34/c1-2-3-4-14-33-25-27-35(28-26-33)40-18-7-8-19-41(40)47-44-22-11-9-20-42(44)46(43-21-10-12-23-45(43)47)37-31-29-36(30-32-37)39-24-13-16-34-15-5-6-17-38(34)39/h2-13,15-32H,1,14H2/b4-3-. The van der Waals surface area contributed by atoms with Crippen LogP contribution in [0.5, 0.6) is 0 Å². The summed E-state index contributed by atoms with van der Waals surface area (Å²) >= 11 is 0. The molecule has 0 radical (unpaired) electrons. The first-order valence-electron chi connectivity index (χ1n) is 16.3. The van der Waals surface area contributed by atoms with E-state index in [9.17, 15) is 0 Å². The lowest BCUT2D eigenvalue weighted by atomic mass is 9.83. The number of fused-ring (bicyclic) bond motifs is 3. The van der Waals surface area contributed by atoms with Crippen molar-refractivity contribution < 1.29 is 0 Å². The minimum Gasteiger partial charge on any atom is -0.0991 e. The summed E-state index contributed by atoms with van der Waals surface area (Å²) in [7, 11) is 0. The third-order valence-corrected chi connectivity index (χ3v) is 9.29. The van der Waals surface area contributed by atoms with Crippen LogP contribution in [0.1, 0.15) is 5.56 Å². The van der Waals surface area contributed by atoms with Crippen LogP contribution in [0, 0.1) is 0 Å². The monoisotopic (exact) mass is 598 g/mol. The van der Waals surface area contributed by atoms with Gasteiger partial charge in [0.15, 0.2) is 0 Å². The van der Waals surface area contributed by atoms with Gasteiger partial charge >= 0.3 is 0 Å². The van der Waals surface area contributed by atoms with Gasteiger partial charge in [-0.3, -0.25) is 0 Å². The van der Waals surface area contributed by atoms with Crippen molar-refractivity contribution in [3.05, 3.63) is 194 Å². The average Bonchev–Trinajstić information content (AvgIpc) is 3.14. The first-order valence-corrected chi connectivity index (χ1v) is 16.3. The van der Waals surface area contributed by atoms with E-state index in [1.807, 2.05) is 12.2 Å². The van der Waals surface area contributed by atoms with Gasteiger partial charge in [-0.05, 0) is 88.8 Å². The van der Waals surface area contributed by atoms with E-state index in [1.165, 1.54) is 82.4 Å². The predicted octanol–water partition coefficient (Wildman–Crippen LogP) is 13.1. The van der Waals surface area contributed by atoms with Crippen molar-refractivity contribution in [3.63, 3.8) is 0 Å². The van der Waals surface area contributed by atoms with E-state index in [4.69, 9.17) is 0 Å². The highest BCUT2D eigenvalue weighted by molar-refractivity contribution is 6.22. The molecule has 0 bridgehead atoms. The van der Waals surface area contributed by atoms with Crippen molar-refractivity contribution in [1.29, 1.82) is 0 Å². The molecule has 0 heterocycles. The highest BCUT2D eigenvalue weighted by Crippen LogP contribution is 2.46. The zero-order valence-corrected chi connectivity index (χ0v) is 26.2. The molecule has 8 aromatic rings. The Morgan fingerprint density at radius 3 is 1.51 bits per heavy atom. The Balaban J connectivity index is 1.29. The molecule has 0 aromatic heterocycles. The van der Waals surface area contributed by atoms with Gasteiger partial charge in [0.2, 0.25) is 0 Å². The summed E-state index contributed by atoms with van der Waals surface area (Å²) in [6, 6.07) is 60.0. The number of rotatable bonds is 7. The highest BCUT2D eigenvalue weighted by Gasteiger charge is 2.19. The minimum atomic E-state index is 0.896. The molecule has 0 saturated carbocycles. The van der Waals surface area contributed by atoms with Gasteiger partial charge in [-0.25, -0.2) is 0 Å². The van der Waals surface area contributed by atoms with Gasteiger partial charge in [0.05, 0.1) is 0 Å². The zero-order valence-electron chi connectivity index (χ0n) is 26.2. The summed E-state index contributed by atoms with van der Waals surface area (Å²) in [5, 5.41) is 7.59. The Morgan fingerprint density at radius 2 is 0.851 bits per heavy atom. The molecule has 0 aliphatic carbocycles. The van der Waals surface area contributed by atoms with Crippen molar-refractivity contribution in [2.75, 3.05) is 0 Å². The molecule has 0 unspecified atom stereocenters. The Hall–Kier alpha value is -5.98. The summed E-state index contributed by atoms with van der Waals surface area (Å²) in [6.07, 6.45) is 6.87. The third-order valence-electron chi connectivity index (χ3n) is 9.29. The van der Waals surface area contributed by atoms with Crippen molar-refractivity contribution in [2.24, 2.45) is 0 Å². The van der Waals surface area contributed by atoms with Crippen molar-refractivity contribution >= 4 is 32.3 Å². The van der Waals surface area contributed by atoms with Crippen LogP contribution in [0.25, 0.3) is 76.8 Å². The summed E-state index contributed by atoms with van der Waals surface area (Å²) in [5.41, 5.74) is 11.3. The molecule has 8 aromatic carbocycles. The first kappa shape index (κ1) is 28.5. The summed E-state index contributed by atoms with van der Waals surface area (Å²) in [5.74, 6) is 0. The lowest BCUT2D eigenvalue weighted by Crippen LogP contribution is -1.93. The fraction of sp³-hybridized carbons (Fsp3) is 0.0213. The molecule has 47 heavy (non-hydrogen) atoms. The fourth-order valence-electron chi connectivity index (χ4n) is 7.10.